The standard InChI is InChI=1S/C21H15NO/c1-15(14-23)17-11-7-12-19-18-10-5-6-13-20(18)22(21(17)19)16-8-3-2-4-9-16/h2-14H,1H2. The summed E-state index contributed by atoms with van der Waals surface area (Å²) >= 11 is 0. The van der Waals surface area contributed by atoms with Crippen LogP contribution in [0.5, 0.6) is 0 Å². The summed E-state index contributed by atoms with van der Waals surface area (Å²) in [4.78, 5) is 11.3. The normalized spacial score (nSPS) is 11.0. The van der Waals surface area contributed by atoms with Gasteiger partial charge in [0.25, 0.3) is 0 Å². The maximum Gasteiger partial charge on any atom is 0.150 e. The minimum absolute atomic E-state index is 0.496. The van der Waals surface area contributed by atoms with Gasteiger partial charge >= 0.3 is 0 Å². The number of aromatic nitrogens is 1. The molecular formula is C21H15NO. The van der Waals surface area contributed by atoms with E-state index < -0.39 is 0 Å². The predicted molar refractivity (Wildman–Crippen MR) is 95.9 cm³/mol. The van der Waals surface area contributed by atoms with E-state index in [4.69, 9.17) is 0 Å². The molecule has 4 rings (SSSR count). The van der Waals surface area contributed by atoms with Crippen molar-refractivity contribution in [1.82, 2.24) is 4.57 Å². The van der Waals surface area contributed by atoms with Crippen molar-refractivity contribution in [3.05, 3.63) is 84.9 Å². The number of hydrogen-bond acceptors (Lipinski definition) is 1. The van der Waals surface area contributed by atoms with E-state index in [1.54, 1.807) is 0 Å². The Labute approximate surface area is 134 Å². The van der Waals surface area contributed by atoms with Crippen LogP contribution in [0.25, 0.3) is 33.1 Å². The molecule has 1 heterocycles. The van der Waals surface area contributed by atoms with Crippen LogP contribution in [0.2, 0.25) is 0 Å². The highest BCUT2D eigenvalue weighted by Crippen LogP contribution is 2.35. The van der Waals surface area contributed by atoms with Crippen LogP contribution in [0.1, 0.15) is 5.56 Å². The van der Waals surface area contributed by atoms with E-state index >= 15 is 0 Å². The molecule has 4 aromatic rings. The third-order valence-electron chi connectivity index (χ3n) is 4.20. The molecule has 0 aliphatic heterocycles. The number of carbonyl (C=O) groups excluding carboxylic acids is 1. The van der Waals surface area contributed by atoms with Crippen LogP contribution in [0, 0.1) is 0 Å². The first-order chi connectivity index (χ1) is 11.3. The molecule has 3 aromatic carbocycles. The van der Waals surface area contributed by atoms with E-state index in [9.17, 15) is 4.79 Å². The van der Waals surface area contributed by atoms with Gasteiger partial charge in [0.15, 0.2) is 0 Å². The van der Waals surface area contributed by atoms with Crippen molar-refractivity contribution in [3.63, 3.8) is 0 Å². The van der Waals surface area contributed by atoms with Crippen molar-refractivity contribution in [3.8, 4) is 5.69 Å². The Kier molecular flexibility index (Phi) is 3.09. The maximum absolute atomic E-state index is 11.3. The summed E-state index contributed by atoms with van der Waals surface area (Å²) in [5, 5.41) is 2.30. The Hall–Kier alpha value is -3.13. The van der Waals surface area contributed by atoms with Gasteiger partial charge in [-0.05, 0) is 18.2 Å². The molecule has 1 aromatic heterocycles. The molecule has 0 amide bonds. The third-order valence-corrected chi connectivity index (χ3v) is 4.20. The largest absolute Gasteiger partial charge is 0.309 e. The second-order valence-corrected chi connectivity index (χ2v) is 5.53. The molecule has 0 saturated carbocycles. The zero-order valence-electron chi connectivity index (χ0n) is 12.6. The van der Waals surface area contributed by atoms with Gasteiger partial charge < -0.3 is 4.57 Å². The first-order valence-electron chi connectivity index (χ1n) is 7.53. The molecule has 0 atom stereocenters. The summed E-state index contributed by atoms with van der Waals surface area (Å²) in [7, 11) is 0. The Morgan fingerprint density at radius 1 is 0.826 bits per heavy atom. The average molecular weight is 297 g/mol. The molecule has 0 radical (unpaired) electrons. The molecule has 0 unspecified atom stereocenters. The Morgan fingerprint density at radius 3 is 2.30 bits per heavy atom. The highest BCUT2D eigenvalue weighted by atomic mass is 16.1. The molecule has 0 spiro atoms. The molecule has 0 N–H and O–H groups in total. The van der Waals surface area contributed by atoms with Gasteiger partial charge in [0, 0.05) is 27.6 Å². The average Bonchev–Trinajstić information content (AvgIpc) is 2.96. The fourth-order valence-electron chi connectivity index (χ4n) is 3.19. The second kappa shape index (κ2) is 5.25. The number of aldehydes is 1. The van der Waals surface area contributed by atoms with Crippen LogP contribution in [-0.2, 0) is 4.79 Å². The lowest BCUT2D eigenvalue weighted by atomic mass is 10.0. The number of fused-ring (bicyclic) bond motifs is 3. The lowest BCUT2D eigenvalue weighted by Crippen LogP contribution is -1.96. The first kappa shape index (κ1) is 13.5. The van der Waals surface area contributed by atoms with Crippen LogP contribution in [0.15, 0.2) is 79.4 Å². The predicted octanol–water partition coefficient (Wildman–Crippen LogP) is 5.00. The lowest BCUT2D eigenvalue weighted by Gasteiger charge is -2.10. The van der Waals surface area contributed by atoms with E-state index in [0.29, 0.717) is 5.57 Å². The molecular weight excluding hydrogens is 282 g/mol. The van der Waals surface area contributed by atoms with Crippen molar-refractivity contribution < 1.29 is 4.79 Å². The monoisotopic (exact) mass is 297 g/mol. The summed E-state index contributed by atoms with van der Waals surface area (Å²) in [6.45, 7) is 3.92. The molecule has 0 aliphatic carbocycles. The SMILES string of the molecule is C=C(C=O)c1cccc2c3ccccc3n(-c3ccccc3)c12. The van der Waals surface area contributed by atoms with Crippen molar-refractivity contribution >= 4 is 33.7 Å². The molecule has 23 heavy (non-hydrogen) atoms. The molecule has 0 aliphatic rings. The minimum atomic E-state index is 0.496. The smallest absolute Gasteiger partial charge is 0.150 e. The molecule has 2 heteroatoms. The van der Waals surface area contributed by atoms with Crippen LogP contribution >= 0.6 is 0 Å². The summed E-state index contributed by atoms with van der Waals surface area (Å²) < 4.78 is 2.20. The first-order valence-corrected chi connectivity index (χ1v) is 7.53. The molecule has 0 bridgehead atoms. The van der Waals surface area contributed by atoms with E-state index in [1.165, 1.54) is 5.39 Å². The van der Waals surface area contributed by atoms with Crippen LogP contribution in [0.3, 0.4) is 0 Å². The van der Waals surface area contributed by atoms with E-state index in [-0.39, 0.29) is 0 Å². The van der Waals surface area contributed by atoms with Crippen LogP contribution in [-0.4, -0.2) is 10.9 Å². The maximum atomic E-state index is 11.3. The zero-order valence-corrected chi connectivity index (χ0v) is 12.6. The number of benzene rings is 3. The van der Waals surface area contributed by atoms with Crippen LogP contribution in [0.4, 0.5) is 0 Å². The summed E-state index contributed by atoms with van der Waals surface area (Å²) in [6, 6.07) is 24.5. The van der Waals surface area contributed by atoms with Gasteiger partial charge in [-0.3, -0.25) is 4.79 Å². The number of allylic oxidation sites excluding steroid dienone is 1. The Balaban J connectivity index is 2.25. The minimum Gasteiger partial charge on any atom is -0.309 e. The number of nitrogens with zero attached hydrogens (tertiary/aromatic N) is 1. The number of rotatable bonds is 3. The van der Waals surface area contributed by atoms with Crippen molar-refractivity contribution in [2.75, 3.05) is 0 Å². The molecule has 0 fully saturated rings. The van der Waals surface area contributed by atoms with Gasteiger partial charge in [0.1, 0.15) is 6.29 Å². The summed E-state index contributed by atoms with van der Waals surface area (Å²) in [5.41, 5.74) is 4.59. The topological polar surface area (TPSA) is 22.0 Å². The van der Waals surface area contributed by atoms with E-state index in [0.717, 1.165) is 34.0 Å². The number of para-hydroxylation sites is 3. The fraction of sp³-hybridized carbons (Fsp3) is 0. The number of carbonyl (C=O) groups is 1. The molecule has 2 nitrogen and oxygen atoms in total. The van der Waals surface area contributed by atoms with E-state index in [1.807, 2.05) is 42.5 Å². The quantitative estimate of drug-likeness (QED) is 0.385. The highest BCUT2D eigenvalue weighted by Gasteiger charge is 2.15. The van der Waals surface area contributed by atoms with E-state index in [2.05, 4.69) is 41.5 Å². The molecule has 0 saturated heterocycles. The molecule has 110 valence electrons. The highest BCUT2D eigenvalue weighted by molar-refractivity contribution is 6.17. The van der Waals surface area contributed by atoms with Crippen LogP contribution < -0.4 is 0 Å². The van der Waals surface area contributed by atoms with Gasteiger partial charge in [-0.25, -0.2) is 0 Å². The third kappa shape index (κ3) is 2.00. The zero-order chi connectivity index (χ0) is 15.8. The Morgan fingerprint density at radius 2 is 1.52 bits per heavy atom. The van der Waals surface area contributed by atoms with Gasteiger partial charge in [-0.1, -0.05) is 61.2 Å². The Bertz CT molecular complexity index is 1040. The van der Waals surface area contributed by atoms with Gasteiger partial charge in [-0.2, -0.15) is 0 Å². The van der Waals surface area contributed by atoms with Crippen molar-refractivity contribution in [2.24, 2.45) is 0 Å². The van der Waals surface area contributed by atoms with Gasteiger partial charge in [0.05, 0.1) is 11.0 Å². The lowest BCUT2D eigenvalue weighted by molar-refractivity contribution is -0.103. The van der Waals surface area contributed by atoms with Crippen molar-refractivity contribution in [1.29, 1.82) is 0 Å². The van der Waals surface area contributed by atoms with Gasteiger partial charge in [0.2, 0.25) is 0 Å². The fourth-order valence-corrected chi connectivity index (χ4v) is 3.19. The summed E-state index contributed by atoms with van der Waals surface area (Å²) in [6.07, 6.45) is 0.821. The second-order valence-electron chi connectivity index (χ2n) is 5.53. The van der Waals surface area contributed by atoms with Crippen molar-refractivity contribution in [2.45, 2.75) is 0 Å². The van der Waals surface area contributed by atoms with Gasteiger partial charge in [-0.15, -0.1) is 0 Å². The summed E-state index contributed by atoms with van der Waals surface area (Å²) in [5.74, 6) is 0. The number of hydrogen-bond donors (Lipinski definition) is 0.